The molecule has 29 heavy (non-hydrogen) atoms. The van der Waals surface area contributed by atoms with E-state index in [2.05, 4.69) is 79.0 Å². The summed E-state index contributed by atoms with van der Waals surface area (Å²) in [6, 6.07) is 23.6. The van der Waals surface area contributed by atoms with Crippen molar-refractivity contribution in [3.05, 3.63) is 83.4 Å². The number of carbonyl (C=O) groups is 1. The molecule has 3 aromatic rings. The normalized spacial score (nSPS) is 21.1. The van der Waals surface area contributed by atoms with E-state index in [1.807, 2.05) is 0 Å². The fraction of sp³-hybridized carbons (Fsp3) is 0.370. The van der Waals surface area contributed by atoms with Gasteiger partial charge >= 0.3 is 0 Å². The molecule has 0 aromatic heterocycles. The first kappa shape index (κ1) is 18.4. The van der Waals surface area contributed by atoms with Crippen LogP contribution in [0.25, 0.3) is 10.8 Å². The monoisotopic (exact) mass is 383 g/mol. The van der Waals surface area contributed by atoms with Crippen molar-refractivity contribution < 1.29 is 4.79 Å². The Morgan fingerprint density at radius 2 is 1.69 bits per heavy atom. The second kappa shape index (κ2) is 7.33. The summed E-state index contributed by atoms with van der Waals surface area (Å²) in [4.78, 5) is 13.4. The van der Waals surface area contributed by atoms with Gasteiger partial charge in [-0.25, -0.2) is 0 Å². The maximum Gasteiger partial charge on any atom is 0.223 e. The van der Waals surface area contributed by atoms with Crippen molar-refractivity contribution in [2.75, 3.05) is 0 Å². The Hall–Kier alpha value is -2.61. The molecule has 5 rings (SSSR count). The van der Waals surface area contributed by atoms with Crippen molar-refractivity contribution in [1.29, 1.82) is 0 Å². The number of fused-ring (bicyclic) bond motifs is 3. The molecule has 0 bridgehead atoms. The predicted molar refractivity (Wildman–Crippen MR) is 119 cm³/mol. The van der Waals surface area contributed by atoms with E-state index in [-0.39, 0.29) is 23.3 Å². The summed E-state index contributed by atoms with van der Waals surface area (Å²) in [5, 5.41) is 5.81. The Bertz CT molecular complexity index is 1040. The zero-order valence-electron chi connectivity index (χ0n) is 17.2. The minimum absolute atomic E-state index is 0.00491. The second-order valence-electron chi connectivity index (χ2n) is 9.05. The summed E-state index contributed by atoms with van der Waals surface area (Å²) in [7, 11) is 0. The van der Waals surface area contributed by atoms with E-state index in [0.717, 1.165) is 12.8 Å². The number of nitrogens with one attached hydrogen (secondary N) is 1. The minimum atomic E-state index is 0.00491. The lowest BCUT2D eigenvalue weighted by molar-refractivity contribution is -0.126. The first-order valence-electron chi connectivity index (χ1n) is 11.0. The molecule has 2 atom stereocenters. The molecule has 0 aliphatic heterocycles. The molecule has 0 radical (unpaired) electrons. The third-order valence-electron chi connectivity index (χ3n) is 7.27. The van der Waals surface area contributed by atoms with Gasteiger partial charge in [0.05, 0.1) is 6.04 Å². The van der Waals surface area contributed by atoms with Crippen LogP contribution in [-0.4, -0.2) is 5.91 Å². The van der Waals surface area contributed by atoms with Crippen molar-refractivity contribution in [2.24, 2.45) is 5.92 Å². The van der Waals surface area contributed by atoms with Gasteiger partial charge in [-0.3, -0.25) is 4.79 Å². The molecule has 2 nitrogen and oxygen atoms in total. The lowest BCUT2D eigenvalue weighted by Crippen LogP contribution is -2.41. The highest BCUT2D eigenvalue weighted by Crippen LogP contribution is 2.50. The largest absolute Gasteiger partial charge is 0.349 e. The topological polar surface area (TPSA) is 29.1 Å². The van der Waals surface area contributed by atoms with Gasteiger partial charge in [-0.1, -0.05) is 79.6 Å². The zero-order chi connectivity index (χ0) is 19.8. The Labute approximate surface area is 173 Å². The molecule has 0 unspecified atom stereocenters. The lowest BCUT2D eigenvalue weighted by Gasteiger charge is -2.40. The predicted octanol–water partition coefficient (Wildman–Crippen LogP) is 6.09. The number of carbonyl (C=O) groups excluding carboxylic acids is 1. The van der Waals surface area contributed by atoms with Crippen LogP contribution in [0.1, 0.15) is 61.8 Å². The van der Waals surface area contributed by atoms with Crippen molar-refractivity contribution in [3.63, 3.8) is 0 Å². The van der Waals surface area contributed by atoms with Crippen LogP contribution in [0, 0.1) is 5.92 Å². The molecule has 0 heterocycles. The van der Waals surface area contributed by atoms with Gasteiger partial charge in [0.1, 0.15) is 0 Å². The Morgan fingerprint density at radius 3 is 2.55 bits per heavy atom. The number of rotatable bonds is 3. The fourth-order valence-corrected chi connectivity index (χ4v) is 5.88. The third kappa shape index (κ3) is 3.25. The molecule has 1 amide bonds. The zero-order valence-corrected chi connectivity index (χ0v) is 17.2. The number of hydrogen-bond acceptors (Lipinski definition) is 1. The van der Waals surface area contributed by atoms with Gasteiger partial charge < -0.3 is 5.32 Å². The fourth-order valence-electron chi connectivity index (χ4n) is 5.88. The lowest BCUT2D eigenvalue weighted by atomic mass is 9.65. The van der Waals surface area contributed by atoms with E-state index in [4.69, 9.17) is 0 Å². The van der Waals surface area contributed by atoms with Gasteiger partial charge in [0.25, 0.3) is 0 Å². The van der Waals surface area contributed by atoms with Crippen LogP contribution in [-0.2, 0) is 16.6 Å². The smallest absolute Gasteiger partial charge is 0.223 e. The maximum atomic E-state index is 13.4. The quantitative estimate of drug-likeness (QED) is 0.582. The molecule has 148 valence electrons. The van der Waals surface area contributed by atoms with Crippen molar-refractivity contribution in [3.8, 4) is 0 Å². The summed E-state index contributed by atoms with van der Waals surface area (Å²) >= 11 is 0. The van der Waals surface area contributed by atoms with Gasteiger partial charge in [0.15, 0.2) is 0 Å². The summed E-state index contributed by atoms with van der Waals surface area (Å²) in [6.07, 6.45) is 6.90. The molecule has 1 spiro atoms. The van der Waals surface area contributed by atoms with Crippen LogP contribution in [0.4, 0.5) is 0 Å². The average molecular weight is 384 g/mol. The Morgan fingerprint density at radius 1 is 0.966 bits per heavy atom. The Balaban J connectivity index is 1.40. The third-order valence-corrected chi connectivity index (χ3v) is 7.27. The van der Waals surface area contributed by atoms with Gasteiger partial charge in [-0.15, -0.1) is 0 Å². The molecule has 2 aliphatic rings. The average Bonchev–Trinajstić information content (AvgIpc) is 3.22. The molecule has 1 N–H and O–H groups in total. The molecule has 3 aromatic carbocycles. The van der Waals surface area contributed by atoms with Crippen molar-refractivity contribution in [2.45, 2.75) is 56.9 Å². The Kier molecular flexibility index (Phi) is 4.66. The van der Waals surface area contributed by atoms with Crippen molar-refractivity contribution >= 4 is 16.7 Å². The van der Waals surface area contributed by atoms with E-state index in [1.54, 1.807) is 0 Å². The number of amides is 1. The number of benzene rings is 3. The van der Waals surface area contributed by atoms with E-state index in [1.165, 1.54) is 53.1 Å². The second-order valence-corrected chi connectivity index (χ2v) is 9.05. The van der Waals surface area contributed by atoms with Crippen LogP contribution in [0.3, 0.4) is 0 Å². The summed E-state index contributed by atoms with van der Waals surface area (Å²) in [5.74, 6) is 0.284. The molecule has 2 aliphatic carbocycles. The number of hydrogen-bond donors (Lipinski definition) is 1. The standard InChI is InChI=1S/C27H29NO/c1-19(23-13-8-11-20-9-2-4-12-24(20)23)28-26(29)22-17-21-10-3-5-14-25(21)27(18-22)15-6-7-16-27/h2-5,8-14,19,22H,6-7,15-18H2,1H3,(H,28,29)/t19-,22-/m1/s1. The highest BCUT2D eigenvalue weighted by molar-refractivity contribution is 5.87. The molecule has 0 saturated heterocycles. The first-order valence-corrected chi connectivity index (χ1v) is 11.0. The van der Waals surface area contributed by atoms with E-state index in [9.17, 15) is 4.79 Å². The van der Waals surface area contributed by atoms with E-state index >= 15 is 0 Å². The molecular weight excluding hydrogens is 354 g/mol. The van der Waals surface area contributed by atoms with Gasteiger partial charge in [0.2, 0.25) is 5.91 Å². The van der Waals surface area contributed by atoms with E-state index in [0.29, 0.717) is 0 Å². The first-order chi connectivity index (χ1) is 14.2. The molecular formula is C27H29NO. The maximum absolute atomic E-state index is 13.4. The van der Waals surface area contributed by atoms with Crippen LogP contribution in [0.15, 0.2) is 66.7 Å². The van der Waals surface area contributed by atoms with Crippen LogP contribution in [0.2, 0.25) is 0 Å². The molecule has 2 heteroatoms. The van der Waals surface area contributed by atoms with Gasteiger partial charge in [-0.05, 0) is 65.5 Å². The molecule has 1 saturated carbocycles. The SMILES string of the molecule is C[C@@H](NC(=O)[C@@H]1Cc2ccccc2C2(CCCC2)C1)c1cccc2ccccc12. The summed E-state index contributed by atoms with van der Waals surface area (Å²) < 4.78 is 0. The van der Waals surface area contributed by atoms with Crippen LogP contribution >= 0.6 is 0 Å². The summed E-state index contributed by atoms with van der Waals surface area (Å²) in [5.41, 5.74) is 4.32. The van der Waals surface area contributed by atoms with Crippen LogP contribution in [0.5, 0.6) is 0 Å². The van der Waals surface area contributed by atoms with Gasteiger partial charge in [-0.2, -0.15) is 0 Å². The van der Waals surface area contributed by atoms with E-state index < -0.39 is 0 Å². The van der Waals surface area contributed by atoms with Crippen LogP contribution < -0.4 is 5.32 Å². The minimum Gasteiger partial charge on any atom is -0.349 e. The molecule has 1 fully saturated rings. The summed E-state index contributed by atoms with van der Waals surface area (Å²) in [6.45, 7) is 2.11. The highest BCUT2D eigenvalue weighted by atomic mass is 16.1. The van der Waals surface area contributed by atoms with Gasteiger partial charge in [0, 0.05) is 5.92 Å². The van der Waals surface area contributed by atoms with Crippen molar-refractivity contribution in [1.82, 2.24) is 5.32 Å². The highest BCUT2D eigenvalue weighted by Gasteiger charge is 2.44.